The van der Waals surface area contributed by atoms with Crippen LogP contribution < -0.4 is 34.4 Å². The van der Waals surface area contributed by atoms with Crippen molar-refractivity contribution in [2.24, 2.45) is 0 Å². The van der Waals surface area contributed by atoms with Crippen LogP contribution in [0.3, 0.4) is 0 Å². The van der Waals surface area contributed by atoms with Crippen molar-refractivity contribution in [3.05, 3.63) is 92.5 Å². The molecule has 3 aromatic carbocycles. The first-order chi connectivity index (χ1) is 13.1. The number of benzene rings is 3. The van der Waals surface area contributed by atoms with E-state index in [9.17, 15) is 10.1 Å². The molecule has 0 atom stereocenters. The minimum Gasteiger partial charge on any atom is -0.258 e. The first-order valence-corrected chi connectivity index (χ1v) is 9.15. The Hall–Kier alpha value is -2.14. The predicted molar refractivity (Wildman–Crippen MR) is 108 cm³/mol. The minimum absolute atomic E-state index is 0. The Labute approximate surface area is 196 Å². The van der Waals surface area contributed by atoms with Crippen LogP contribution in [0.15, 0.2) is 78.9 Å². The number of halogens is 1. The number of aromatic nitrogens is 4. The minimum atomic E-state index is -0.423. The number of non-ortho nitro benzene ring substituents is 1. The average molecular weight is 493 g/mol. The van der Waals surface area contributed by atoms with Gasteiger partial charge < -0.3 is 0 Å². The Morgan fingerprint density at radius 3 is 2.18 bits per heavy atom. The maximum absolute atomic E-state index is 10.9. The number of hydrogen-bond acceptors (Lipinski definition) is 4. The number of hydrogen-bond donors (Lipinski definition) is 0. The van der Waals surface area contributed by atoms with Crippen LogP contribution in [0.1, 0.15) is 0 Å². The Balaban J connectivity index is 0.00000225. The van der Waals surface area contributed by atoms with Crippen molar-refractivity contribution >= 4 is 28.3 Å². The van der Waals surface area contributed by atoms with Crippen LogP contribution in [0.2, 0.25) is 0 Å². The van der Waals surface area contributed by atoms with Crippen molar-refractivity contribution in [1.29, 1.82) is 0 Å². The van der Waals surface area contributed by atoms with Crippen LogP contribution in [0.5, 0.6) is 0 Å². The van der Waals surface area contributed by atoms with Crippen LogP contribution in [0.4, 0.5) is 5.69 Å². The van der Waals surface area contributed by atoms with E-state index in [2.05, 4.69) is 32.8 Å². The van der Waals surface area contributed by atoms with Crippen LogP contribution in [0.25, 0.3) is 22.8 Å². The molecule has 0 saturated carbocycles. The second-order valence-corrected chi connectivity index (χ2v) is 6.96. The first-order valence-electron chi connectivity index (χ1n) is 8.08. The Kier molecular flexibility index (Phi) is 6.55. The zero-order chi connectivity index (χ0) is 18.8. The maximum atomic E-state index is 10.9. The van der Waals surface area contributed by atoms with Gasteiger partial charge in [0, 0.05) is 20.5 Å². The maximum Gasteiger partial charge on any atom is 1.00 e. The van der Waals surface area contributed by atoms with Crippen molar-refractivity contribution in [2.75, 3.05) is 0 Å². The van der Waals surface area contributed by atoms with E-state index in [1.165, 1.54) is 12.1 Å². The molecule has 0 aliphatic heterocycles. The molecule has 28 heavy (non-hydrogen) atoms. The zero-order valence-corrected chi connectivity index (χ0v) is 19.1. The first kappa shape index (κ1) is 20.6. The molecular formula is C19H13IN5NaO2+2. The van der Waals surface area contributed by atoms with Gasteiger partial charge in [0.25, 0.3) is 5.69 Å². The summed E-state index contributed by atoms with van der Waals surface area (Å²) in [5, 5.41) is 20.2. The number of nitro benzene ring substituents is 1. The third-order valence-electron chi connectivity index (χ3n) is 3.94. The smallest absolute Gasteiger partial charge is 0.258 e. The SMILES string of the molecule is O=[N+]([O-])c1ccc(-[n+]2nc(-c3ccccc3)nn2-c2ccc(I)cc2)cc1.[Na+]. The molecule has 0 radical (unpaired) electrons. The molecule has 4 rings (SSSR count). The summed E-state index contributed by atoms with van der Waals surface area (Å²) in [7, 11) is 0. The van der Waals surface area contributed by atoms with Crippen LogP contribution >= 0.6 is 22.6 Å². The fourth-order valence-corrected chi connectivity index (χ4v) is 2.96. The molecule has 9 heteroatoms. The second kappa shape index (κ2) is 8.91. The quantitative estimate of drug-likeness (QED) is 0.138. The molecule has 1 aromatic heterocycles. The summed E-state index contributed by atoms with van der Waals surface area (Å²) in [6.07, 6.45) is 0. The summed E-state index contributed by atoms with van der Waals surface area (Å²) in [5.74, 6) is 0.563. The summed E-state index contributed by atoms with van der Waals surface area (Å²) in [6, 6.07) is 23.8. The molecule has 1 heterocycles. The van der Waals surface area contributed by atoms with E-state index in [-0.39, 0.29) is 35.2 Å². The Morgan fingerprint density at radius 1 is 0.929 bits per heavy atom. The van der Waals surface area contributed by atoms with Gasteiger partial charge in [-0.3, -0.25) is 10.1 Å². The number of nitro groups is 1. The molecule has 0 saturated heterocycles. The Bertz CT molecular complexity index is 1100. The fourth-order valence-electron chi connectivity index (χ4n) is 2.60. The normalized spacial score (nSPS) is 10.3. The molecule has 0 spiro atoms. The number of nitrogens with zero attached hydrogens (tertiary/aromatic N) is 5. The van der Waals surface area contributed by atoms with Crippen LogP contribution in [-0.4, -0.2) is 19.9 Å². The largest absolute Gasteiger partial charge is 1.00 e. The van der Waals surface area contributed by atoms with Gasteiger partial charge in [-0.1, -0.05) is 18.2 Å². The van der Waals surface area contributed by atoms with Gasteiger partial charge in [-0.15, -0.1) is 0 Å². The van der Waals surface area contributed by atoms with Gasteiger partial charge in [0.05, 0.1) is 15.6 Å². The van der Waals surface area contributed by atoms with Crippen molar-refractivity contribution in [3.8, 4) is 22.8 Å². The van der Waals surface area contributed by atoms with Gasteiger partial charge in [-0.25, -0.2) is 0 Å². The predicted octanol–water partition coefficient (Wildman–Crippen LogP) is 0.728. The monoisotopic (exact) mass is 493 g/mol. The molecule has 132 valence electrons. The molecule has 0 N–H and O–H groups in total. The van der Waals surface area contributed by atoms with E-state index < -0.39 is 4.92 Å². The fraction of sp³-hybridized carbons (Fsp3) is 0. The number of tetrazole rings is 1. The van der Waals surface area contributed by atoms with E-state index in [1.54, 1.807) is 21.7 Å². The summed E-state index contributed by atoms with van der Waals surface area (Å²) in [4.78, 5) is 13.8. The van der Waals surface area contributed by atoms with Gasteiger partial charge in [0.2, 0.25) is 0 Å². The molecule has 0 bridgehead atoms. The summed E-state index contributed by atoms with van der Waals surface area (Å²) in [5.41, 5.74) is 2.43. The third-order valence-corrected chi connectivity index (χ3v) is 4.66. The van der Waals surface area contributed by atoms with E-state index in [0.717, 1.165) is 14.8 Å². The van der Waals surface area contributed by atoms with Gasteiger partial charge in [-0.05, 0) is 81.0 Å². The second-order valence-electron chi connectivity index (χ2n) is 5.72. The van der Waals surface area contributed by atoms with Gasteiger partial charge >= 0.3 is 35.4 Å². The van der Waals surface area contributed by atoms with Crippen molar-refractivity contribution < 1.29 is 39.3 Å². The summed E-state index contributed by atoms with van der Waals surface area (Å²) in [6.45, 7) is 0. The molecule has 0 aliphatic rings. The average Bonchev–Trinajstić information content (AvgIpc) is 3.15. The van der Waals surface area contributed by atoms with Crippen molar-refractivity contribution in [3.63, 3.8) is 0 Å². The van der Waals surface area contributed by atoms with Gasteiger partial charge in [0.15, 0.2) is 5.69 Å². The topological polar surface area (TPSA) is 77.7 Å². The van der Waals surface area contributed by atoms with E-state index in [4.69, 9.17) is 0 Å². The summed E-state index contributed by atoms with van der Waals surface area (Å²) < 4.78 is 1.11. The van der Waals surface area contributed by atoms with E-state index >= 15 is 0 Å². The van der Waals surface area contributed by atoms with Crippen LogP contribution in [0, 0.1) is 13.7 Å². The van der Waals surface area contributed by atoms with Crippen LogP contribution in [-0.2, 0) is 0 Å². The molecule has 0 amide bonds. The van der Waals surface area contributed by atoms with E-state index in [0.29, 0.717) is 11.5 Å². The third kappa shape index (κ3) is 4.30. The van der Waals surface area contributed by atoms with Gasteiger partial charge in [-0.2, -0.15) is 0 Å². The molecule has 0 unspecified atom stereocenters. The standard InChI is InChI=1S/C19H13IN5O2.Na/c20-15-6-8-16(9-7-15)23-21-19(14-4-2-1-3-5-14)22-24(23)17-10-12-18(13-11-17)25(26)27;/h1-13H;/q2*+1. The molecule has 0 aliphatic carbocycles. The Morgan fingerprint density at radius 2 is 1.57 bits per heavy atom. The van der Waals surface area contributed by atoms with Crippen molar-refractivity contribution in [2.45, 2.75) is 0 Å². The van der Waals surface area contributed by atoms with Crippen molar-refractivity contribution in [1.82, 2.24) is 15.0 Å². The molecule has 7 nitrogen and oxygen atoms in total. The zero-order valence-electron chi connectivity index (χ0n) is 14.9. The summed E-state index contributed by atoms with van der Waals surface area (Å²) >= 11 is 2.24. The molecule has 4 aromatic rings. The van der Waals surface area contributed by atoms with Gasteiger partial charge in [0.1, 0.15) is 5.69 Å². The number of rotatable bonds is 4. The molecular weight excluding hydrogens is 480 g/mol. The van der Waals surface area contributed by atoms with E-state index in [1.807, 2.05) is 54.6 Å². The molecule has 0 fully saturated rings.